The van der Waals surface area contributed by atoms with Gasteiger partial charge in [-0.25, -0.2) is 18.4 Å². The van der Waals surface area contributed by atoms with Gasteiger partial charge in [0.1, 0.15) is 4.60 Å². The summed E-state index contributed by atoms with van der Waals surface area (Å²) in [7, 11) is -3.75. The summed E-state index contributed by atoms with van der Waals surface area (Å²) in [5.74, 6) is 0.102. The fourth-order valence-electron chi connectivity index (χ4n) is 1.28. The molecule has 0 aliphatic rings. The van der Waals surface area contributed by atoms with Crippen molar-refractivity contribution >= 4 is 53.4 Å². The van der Waals surface area contributed by atoms with E-state index in [0.29, 0.717) is 10.3 Å². The average molecular weight is 408 g/mol. The highest BCUT2D eigenvalue weighted by molar-refractivity contribution is 9.11. The van der Waals surface area contributed by atoms with Crippen molar-refractivity contribution in [2.75, 3.05) is 10.5 Å². The number of halogens is 2. The SMILES string of the molecule is Nc1cccc(S(=O)(=O)Nc2ncc(Br)nc2Br)c1. The Hall–Kier alpha value is -1.19. The first-order valence-corrected chi connectivity index (χ1v) is 8.02. The second-order valence-electron chi connectivity index (χ2n) is 3.51. The molecule has 0 spiro atoms. The highest BCUT2D eigenvalue weighted by Crippen LogP contribution is 2.23. The Morgan fingerprint density at radius 3 is 2.63 bits per heavy atom. The first kappa shape index (κ1) is 14.2. The molecule has 1 aromatic heterocycles. The first-order chi connectivity index (χ1) is 8.88. The van der Waals surface area contributed by atoms with Crippen LogP contribution >= 0.6 is 31.9 Å². The largest absolute Gasteiger partial charge is 0.399 e. The molecule has 1 heterocycles. The van der Waals surface area contributed by atoms with Crippen molar-refractivity contribution in [1.29, 1.82) is 0 Å². The monoisotopic (exact) mass is 406 g/mol. The molecule has 100 valence electrons. The second kappa shape index (κ2) is 5.43. The highest BCUT2D eigenvalue weighted by atomic mass is 79.9. The number of sulfonamides is 1. The third-order valence-electron chi connectivity index (χ3n) is 2.10. The lowest BCUT2D eigenvalue weighted by Crippen LogP contribution is -2.15. The zero-order chi connectivity index (χ0) is 14.0. The number of aromatic nitrogens is 2. The summed E-state index contributed by atoms with van der Waals surface area (Å²) in [5.41, 5.74) is 5.93. The molecule has 19 heavy (non-hydrogen) atoms. The van der Waals surface area contributed by atoms with Crippen LogP contribution in [0.4, 0.5) is 11.5 Å². The Kier molecular flexibility index (Phi) is 4.07. The minimum Gasteiger partial charge on any atom is -0.399 e. The number of rotatable bonds is 3. The van der Waals surface area contributed by atoms with Gasteiger partial charge in [-0.3, -0.25) is 4.72 Å². The van der Waals surface area contributed by atoms with E-state index >= 15 is 0 Å². The van der Waals surface area contributed by atoms with Gasteiger partial charge in [-0.1, -0.05) is 6.07 Å². The predicted octanol–water partition coefficient (Wildman–Crippen LogP) is 2.38. The number of nitrogens with one attached hydrogen (secondary N) is 1. The highest BCUT2D eigenvalue weighted by Gasteiger charge is 2.17. The van der Waals surface area contributed by atoms with Crippen LogP contribution in [0.5, 0.6) is 0 Å². The van der Waals surface area contributed by atoms with Crippen LogP contribution in [-0.4, -0.2) is 18.4 Å². The molecule has 0 fully saturated rings. The van der Waals surface area contributed by atoms with Crippen LogP contribution in [0, 0.1) is 0 Å². The zero-order valence-corrected chi connectivity index (χ0v) is 13.3. The van der Waals surface area contributed by atoms with E-state index in [1.54, 1.807) is 12.1 Å². The summed E-state index contributed by atoms with van der Waals surface area (Å²) in [6.45, 7) is 0. The van der Waals surface area contributed by atoms with E-state index in [2.05, 4.69) is 46.5 Å². The third kappa shape index (κ3) is 3.43. The van der Waals surface area contributed by atoms with Crippen molar-refractivity contribution in [2.24, 2.45) is 0 Å². The molecular formula is C10H8Br2N4O2S. The van der Waals surface area contributed by atoms with Crippen molar-refractivity contribution in [3.8, 4) is 0 Å². The quantitative estimate of drug-likeness (QED) is 0.761. The Morgan fingerprint density at radius 1 is 1.26 bits per heavy atom. The first-order valence-electron chi connectivity index (χ1n) is 4.95. The fraction of sp³-hybridized carbons (Fsp3) is 0. The van der Waals surface area contributed by atoms with Crippen molar-refractivity contribution < 1.29 is 8.42 Å². The Balaban J connectivity index is 2.36. The summed E-state index contributed by atoms with van der Waals surface area (Å²) in [5, 5.41) is 0. The molecule has 0 aliphatic carbocycles. The number of nitrogen functional groups attached to an aromatic ring is 1. The van der Waals surface area contributed by atoms with Crippen LogP contribution in [0.15, 0.2) is 44.6 Å². The molecule has 0 atom stereocenters. The van der Waals surface area contributed by atoms with Gasteiger partial charge in [0, 0.05) is 5.69 Å². The summed E-state index contributed by atoms with van der Waals surface area (Å²) in [4.78, 5) is 7.98. The van der Waals surface area contributed by atoms with Crippen molar-refractivity contribution in [1.82, 2.24) is 9.97 Å². The maximum absolute atomic E-state index is 12.1. The number of hydrogen-bond acceptors (Lipinski definition) is 5. The third-order valence-corrected chi connectivity index (χ3v) is 4.37. The molecule has 9 heteroatoms. The molecular weight excluding hydrogens is 400 g/mol. The zero-order valence-electron chi connectivity index (χ0n) is 9.34. The number of hydrogen-bond donors (Lipinski definition) is 2. The van der Waals surface area contributed by atoms with Gasteiger partial charge in [-0.05, 0) is 50.1 Å². The van der Waals surface area contributed by atoms with E-state index in [1.807, 2.05) is 0 Å². The fourth-order valence-corrected chi connectivity index (χ4v) is 3.40. The molecule has 2 aromatic rings. The van der Waals surface area contributed by atoms with Crippen LogP contribution in [0.2, 0.25) is 0 Å². The maximum Gasteiger partial charge on any atom is 0.263 e. The van der Waals surface area contributed by atoms with E-state index in [4.69, 9.17) is 5.73 Å². The molecule has 0 radical (unpaired) electrons. The number of anilines is 2. The van der Waals surface area contributed by atoms with Crippen LogP contribution in [0.1, 0.15) is 0 Å². The lowest BCUT2D eigenvalue weighted by molar-refractivity contribution is 0.601. The van der Waals surface area contributed by atoms with Gasteiger partial charge in [0.05, 0.1) is 11.1 Å². The van der Waals surface area contributed by atoms with Gasteiger partial charge in [0.25, 0.3) is 10.0 Å². The second-order valence-corrected chi connectivity index (χ2v) is 6.76. The molecule has 0 saturated carbocycles. The average Bonchev–Trinajstić information content (AvgIpc) is 2.33. The molecule has 0 unspecified atom stereocenters. The summed E-state index contributed by atoms with van der Waals surface area (Å²) >= 11 is 6.26. The van der Waals surface area contributed by atoms with E-state index in [9.17, 15) is 8.42 Å². The number of nitrogens with two attached hydrogens (primary N) is 1. The van der Waals surface area contributed by atoms with Gasteiger partial charge in [0.15, 0.2) is 10.4 Å². The smallest absolute Gasteiger partial charge is 0.263 e. The van der Waals surface area contributed by atoms with Gasteiger partial charge in [0.2, 0.25) is 0 Å². The Labute approximate surface area is 126 Å². The van der Waals surface area contributed by atoms with Gasteiger partial charge in [-0.15, -0.1) is 0 Å². The lowest BCUT2D eigenvalue weighted by atomic mass is 10.3. The van der Waals surface area contributed by atoms with E-state index in [0.717, 1.165) is 0 Å². The molecule has 0 amide bonds. The topological polar surface area (TPSA) is 98.0 Å². The van der Waals surface area contributed by atoms with E-state index in [-0.39, 0.29) is 15.3 Å². The van der Waals surface area contributed by atoms with Gasteiger partial charge < -0.3 is 5.73 Å². The molecule has 3 N–H and O–H groups in total. The number of nitrogens with zero attached hydrogens (tertiary/aromatic N) is 2. The minimum absolute atomic E-state index is 0.0594. The standard InChI is InChI=1S/C10H8Br2N4O2S/c11-8-5-14-10(9(12)15-8)16-19(17,18)7-3-1-2-6(13)4-7/h1-5H,13H2,(H,14,16). The van der Waals surface area contributed by atoms with Crippen molar-refractivity contribution in [2.45, 2.75) is 4.90 Å². The summed E-state index contributed by atoms with van der Waals surface area (Å²) in [6.07, 6.45) is 1.39. The normalized spacial score (nSPS) is 11.3. The summed E-state index contributed by atoms with van der Waals surface area (Å²) in [6, 6.07) is 5.97. The van der Waals surface area contributed by atoms with Crippen molar-refractivity contribution in [3.63, 3.8) is 0 Å². The van der Waals surface area contributed by atoms with E-state index < -0.39 is 10.0 Å². The molecule has 0 bridgehead atoms. The van der Waals surface area contributed by atoms with E-state index in [1.165, 1.54) is 18.3 Å². The molecule has 0 saturated heterocycles. The minimum atomic E-state index is -3.75. The van der Waals surface area contributed by atoms with Crippen LogP contribution in [0.25, 0.3) is 0 Å². The van der Waals surface area contributed by atoms with Gasteiger partial charge in [-0.2, -0.15) is 0 Å². The lowest BCUT2D eigenvalue weighted by Gasteiger charge is -2.08. The van der Waals surface area contributed by atoms with Crippen LogP contribution < -0.4 is 10.5 Å². The van der Waals surface area contributed by atoms with Gasteiger partial charge >= 0.3 is 0 Å². The van der Waals surface area contributed by atoms with Crippen LogP contribution in [-0.2, 0) is 10.0 Å². The predicted molar refractivity (Wildman–Crippen MR) is 79.1 cm³/mol. The summed E-state index contributed by atoms with van der Waals surface area (Å²) < 4.78 is 27.4. The molecule has 0 aliphatic heterocycles. The maximum atomic E-state index is 12.1. The van der Waals surface area contributed by atoms with Crippen LogP contribution in [0.3, 0.4) is 0 Å². The van der Waals surface area contributed by atoms with Crippen molar-refractivity contribution in [3.05, 3.63) is 39.7 Å². The molecule has 1 aromatic carbocycles. The molecule has 6 nitrogen and oxygen atoms in total. The number of benzene rings is 1. The molecule has 2 rings (SSSR count). The Morgan fingerprint density at radius 2 is 2.00 bits per heavy atom. The Bertz CT molecular complexity index is 721.